The number of ether oxygens (including phenoxy) is 1. The van der Waals surface area contributed by atoms with Crippen LogP contribution in [0.25, 0.3) is 12.2 Å². The Labute approximate surface area is 109 Å². The highest BCUT2D eigenvalue weighted by Crippen LogP contribution is 2.17. The van der Waals surface area contributed by atoms with E-state index in [1.54, 1.807) is 18.2 Å². The van der Waals surface area contributed by atoms with E-state index in [1.165, 1.54) is 19.4 Å². The van der Waals surface area contributed by atoms with Crippen LogP contribution in [0.5, 0.6) is 5.75 Å². The molecule has 0 aliphatic rings. The molecule has 1 aromatic heterocycles. The van der Waals surface area contributed by atoms with Crippen LogP contribution in [0, 0.1) is 0 Å². The number of methoxy groups -OCH3 is 1. The lowest BCUT2D eigenvalue weighted by molar-refractivity contribution is 0.385. The summed E-state index contributed by atoms with van der Waals surface area (Å²) < 4.78 is 10.1. The fraction of sp³-hybridized carbons (Fsp3) is 0.0714. The second-order valence-electron chi connectivity index (χ2n) is 3.57. The molecule has 0 fully saturated rings. The molecule has 1 heterocycles. The van der Waals surface area contributed by atoms with Crippen molar-refractivity contribution < 1.29 is 9.15 Å². The third kappa shape index (κ3) is 2.81. The predicted molar refractivity (Wildman–Crippen MR) is 71.9 cm³/mol. The first-order valence-corrected chi connectivity index (χ1v) is 5.68. The Bertz CT molecular complexity index is 629. The van der Waals surface area contributed by atoms with Gasteiger partial charge in [-0.25, -0.2) is 0 Å². The van der Waals surface area contributed by atoms with Crippen LogP contribution < -0.4 is 10.2 Å². The van der Waals surface area contributed by atoms with Crippen molar-refractivity contribution in [1.82, 2.24) is 0 Å². The van der Waals surface area contributed by atoms with E-state index in [0.29, 0.717) is 10.8 Å². The van der Waals surface area contributed by atoms with Gasteiger partial charge in [0.2, 0.25) is 11.2 Å². The van der Waals surface area contributed by atoms with E-state index in [-0.39, 0.29) is 11.2 Å². The van der Waals surface area contributed by atoms with Crippen LogP contribution in [0.2, 0.25) is 5.02 Å². The molecule has 0 amide bonds. The summed E-state index contributed by atoms with van der Waals surface area (Å²) in [5, 5.41) is 0.643. The monoisotopic (exact) mass is 262 g/mol. The average molecular weight is 263 g/mol. The van der Waals surface area contributed by atoms with Crippen molar-refractivity contribution in [2.24, 2.45) is 0 Å². The van der Waals surface area contributed by atoms with Crippen molar-refractivity contribution in [3.8, 4) is 5.75 Å². The Morgan fingerprint density at radius 2 is 2.06 bits per heavy atom. The maximum Gasteiger partial charge on any atom is 0.227 e. The van der Waals surface area contributed by atoms with Gasteiger partial charge in [0.25, 0.3) is 0 Å². The molecule has 0 radical (unpaired) electrons. The summed E-state index contributed by atoms with van der Waals surface area (Å²) in [5.74, 6) is 0.630. The van der Waals surface area contributed by atoms with Gasteiger partial charge >= 0.3 is 0 Å². The summed E-state index contributed by atoms with van der Waals surface area (Å²) in [4.78, 5) is 11.5. The molecule has 0 bridgehead atoms. The maximum atomic E-state index is 11.5. The van der Waals surface area contributed by atoms with Gasteiger partial charge in [-0.15, -0.1) is 0 Å². The number of benzene rings is 1. The lowest BCUT2D eigenvalue weighted by Gasteiger charge is -1.98. The van der Waals surface area contributed by atoms with Crippen LogP contribution in [0.15, 0.2) is 45.8 Å². The zero-order valence-corrected chi connectivity index (χ0v) is 10.5. The smallest absolute Gasteiger partial charge is 0.227 e. The Hall–Kier alpha value is -2.00. The van der Waals surface area contributed by atoms with Gasteiger partial charge in [-0.05, 0) is 23.8 Å². The van der Waals surface area contributed by atoms with Crippen LogP contribution in [0.1, 0.15) is 11.3 Å². The molecular formula is C14H11ClO3. The molecule has 0 aliphatic heterocycles. The van der Waals surface area contributed by atoms with Gasteiger partial charge in [-0.3, -0.25) is 4.79 Å². The second-order valence-corrected chi connectivity index (χ2v) is 3.98. The third-order valence-electron chi connectivity index (χ3n) is 2.37. The molecule has 0 N–H and O–H groups in total. The summed E-state index contributed by atoms with van der Waals surface area (Å²) in [6.07, 6.45) is 4.75. The quantitative estimate of drug-likeness (QED) is 0.850. The first-order chi connectivity index (χ1) is 8.70. The fourth-order valence-corrected chi connectivity index (χ4v) is 1.63. The van der Waals surface area contributed by atoms with E-state index >= 15 is 0 Å². The molecular weight excluding hydrogens is 252 g/mol. The largest absolute Gasteiger partial charge is 0.490 e. The number of hydrogen-bond acceptors (Lipinski definition) is 3. The van der Waals surface area contributed by atoms with Crippen LogP contribution in [0.3, 0.4) is 0 Å². The summed E-state index contributed by atoms with van der Waals surface area (Å²) in [6.45, 7) is 0. The molecule has 0 atom stereocenters. The minimum absolute atomic E-state index is 0.185. The summed E-state index contributed by atoms with van der Waals surface area (Å²) in [6, 6.07) is 8.78. The Balaban J connectivity index is 2.27. The molecule has 1 aromatic carbocycles. The zero-order valence-electron chi connectivity index (χ0n) is 9.72. The third-order valence-corrected chi connectivity index (χ3v) is 2.71. The Kier molecular flexibility index (Phi) is 3.85. The lowest BCUT2D eigenvalue weighted by Crippen LogP contribution is -2.03. The lowest BCUT2D eigenvalue weighted by atomic mass is 10.2. The normalized spacial score (nSPS) is 10.8. The SMILES string of the molecule is COc1coc(/C=C\c2ccccc2Cl)cc1=O. The number of halogens is 1. The van der Waals surface area contributed by atoms with E-state index in [1.807, 2.05) is 18.2 Å². The van der Waals surface area contributed by atoms with Gasteiger partial charge in [-0.2, -0.15) is 0 Å². The first-order valence-electron chi connectivity index (χ1n) is 5.30. The van der Waals surface area contributed by atoms with Crippen molar-refractivity contribution in [2.75, 3.05) is 7.11 Å². The van der Waals surface area contributed by atoms with Gasteiger partial charge in [-0.1, -0.05) is 29.8 Å². The van der Waals surface area contributed by atoms with Gasteiger partial charge in [0.15, 0.2) is 0 Å². The van der Waals surface area contributed by atoms with Crippen molar-refractivity contribution in [1.29, 1.82) is 0 Å². The van der Waals surface area contributed by atoms with E-state index in [9.17, 15) is 4.79 Å². The Morgan fingerprint density at radius 1 is 1.28 bits per heavy atom. The molecule has 0 saturated heterocycles. The number of hydrogen-bond donors (Lipinski definition) is 0. The highest BCUT2D eigenvalue weighted by Gasteiger charge is 2.01. The summed E-state index contributed by atoms with van der Waals surface area (Å²) >= 11 is 6.01. The van der Waals surface area contributed by atoms with Crippen molar-refractivity contribution >= 4 is 23.8 Å². The van der Waals surface area contributed by atoms with E-state index < -0.39 is 0 Å². The molecule has 0 spiro atoms. The summed E-state index contributed by atoms with van der Waals surface area (Å²) in [7, 11) is 1.42. The van der Waals surface area contributed by atoms with Crippen molar-refractivity contribution in [3.63, 3.8) is 0 Å². The first kappa shape index (κ1) is 12.5. The summed E-state index contributed by atoms with van der Waals surface area (Å²) in [5.41, 5.74) is 0.639. The van der Waals surface area contributed by atoms with Crippen molar-refractivity contribution in [3.05, 3.63) is 63.2 Å². The molecule has 3 nitrogen and oxygen atoms in total. The van der Waals surface area contributed by atoms with Crippen LogP contribution >= 0.6 is 11.6 Å². The van der Waals surface area contributed by atoms with E-state index in [2.05, 4.69) is 0 Å². The van der Waals surface area contributed by atoms with Crippen molar-refractivity contribution in [2.45, 2.75) is 0 Å². The minimum Gasteiger partial charge on any atom is -0.490 e. The van der Waals surface area contributed by atoms with Gasteiger partial charge < -0.3 is 9.15 Å². The fourth-order valence-electron chi connectivity index (χ4n) is 1.43. The molecule has 0 saturated carbocycles. The minimum atomic E-state index is -0.220. The van der Waals surface area contributed by atoms with Gasteiger partial charge in [0, 0.05) is 11.1 Å². The van der Waals surface area contributed by atoms with Gasteiger partial charge in [0.1, 0.15) is 12.0 Å². The van der Waals surface area contributed by atoms with E-state index in [0.717, 1.165) is 5.56 Å². The zero-order chi connectivity index (χ0) is 13.0. The standard InChI is InChI=1S/C14H11ClO3/c1-17-14-9-18-11(8-13(14)16)7-6-10-4-2-3-5-12(10)15/h2-9H,1H3/b7-6-. The highest BCUT2D eigenvalue weighted by atomic mass is 35.5. The van der Waals surface area contributed by atoms with Crippen LogP contribution in [-0.4, -0.2) is 7.11 Å². The predicted octanol–water partition coefficient (Wildman–Crippen LogP) is 3.47. The molecule has 2 rings (SSSR count). The average Bonchev–Trinajstić information content (AvgIpc) is 2.38. The molecule has 0 unspecified atom stereocenters. The molecule has 18 heavy (non-hydrogen) atoms. The Morgan fingerprint density at radius 3 is 2.72 bits per heavy atom. The maximum absolute atomic E-state index is 11.5. The van der Waals surface area contributed by atoms with E-state index in [4.69, 9.17) is 20.8 Å². The van der Waals surface area contributed by atoms with Crippen LogP contribution in [-0.2, 0) is 0 Å². The molecule has 0 aliphatic carbocycles. The highest BCUT2D eigenvalue weighted by molar-refractivity contribution is 6.32. The molecule has 92 valence electrons. The molecule has 4 heteroatoms. The topological polar surface area (TPSA) is 39.4 Å². The molecule has 2 aromatic rings. The number of rotatable bonds is 3. The van der Waals surface area contributed by atoms with Gasteiger partial charge in [0.05, 0.1) is 7.11 Å². The second kappa shape index (κ2) is 5.56. The van der Waals surface area contributed by atoms with Crippen LogP contribution in [0.4, 0.5) is 0 Å².